The maximum absolute atomic E-state index is 12.5. The average Bonchev–Trinajstić information content (AvgIpc) is 2.65. The molecule has 0 saturated carbocycles. The number of carbonyl (C=O) groups is 1. The van der Waals surface area contributed by atoms with E-state index >= 15 is 0 Å². The third-order valence-corrected chi connectivity index (χ3v) is 4.69. The van der Waals surface area contributed by atoms with Crippen LogP contribution in [0.4, 0.5) is 5.69 Å². The minimum Gasteiger partial charge on any atom is -0.397 e. The maximum Gasteiger partial charge on any atom is 0.265 e. The third-order valence-electron chi connectivity index (χ3n) is 2.87. The Morgan fingerprint density at radius 3 is 2.70 bits per heavy atom. The second-order valence-electron chi connectivity index (χ2n) is 5.43. The predicted octanol–water partition coefficient (Wildman–Crippen LogP) is 3.09. The van der Waals surface area contributed by atoms with Gasteiger partial charge < -0.3 is 15.7 Å². The van der Waals surface area contributed by atoms with Crippen LogP contribution in [0, 0.1) is 0 Å². The Labute approximate surface area is 130 Å². The van der Waals surface area contributed by atoms with Gasteiger partial charge in [-0.25, -0.2) is 0 Å². The topological polar surface area (TPSA) is 66.6 Å². The lowest BCUT2D eigenvalue weighted by molar-refractivity contribution is 0.0371. The number of benzene rings is 1. The van der Waals surface area contributed by atoms with Crippen LogP contribution in [-0.2, 0) is 0 Å². The first-order valence-electron chi connectivity index (χ1n) is 6.15. The van der Waals surface area contributed by atoms with Crippen molar-refractivity contribution < 1.29 is 9.90 Å². The highest BCUT2D eigenvalue weighted by atomic mass is 79.9. The van der Waals surface area contributed by atoms with Crippen LogP contribution in [-0.4, -0.2) is 35.1 Å². The normalized spacial score (nSPS) is 11.8. The Morgan fingerprint density at radius 1 is 1.50 bits per heavy atom. The lowest BCUT2D eigenvalue weighted by atomic mass is 10.1. The fourth-order valence-electron chi connectivity index (χ4n) is 2.11. The summed E-state index contributed by atoms with van der Waals surface area (Å²) >= 11 is 4.83. The number of amides is 1. The van der Waals surface area contributed by atoms with Crippen molar-refractivity contribution >= 4 is 48.9 Å². The standard InChI is InChI=1S/C14H17BrN2O2S/c1-14(2,19)7-17(3)13(18)12-11(16)10-8(15)5-4-6-9(10)20-12/h4-6,19H,7,16H2,1-3H3. The molecule has 3 N–H and O–H groups in total. The highest BCUT2D eigenvalue weighted by Gasteiger charge is 2.24. The van der Waals surface area contributed by atoms with E-state index in [0.29, 0.717) is 10.6 Å². The van der Waals surface area contributed by atoms with Crippen LogP contribution < -0.4 is 5.73 Å². The number of thiophene rings is 1. The molecule has 0 atom stereocenters. The Balaban J connectivity index is 2.41. The molecule has 1 aromatic carbocycles. The zero-order valence-corrected chi connectivity index (χ0v) is 14.0. The number of hydrogen-bond acceptors (Lipinski definition) is 4. The number of nitrogens with two attached hydrogens (primary N) is 1. The summed E-state index contributed by atoms with van der Waals surface area (Å²) in [5.41, 5.74) is 5.67. The lowest BCUT2D eigenvalue weighted by Gasteiger charge is -2.25. The van der Waals surface area contributed by atoms with Gasteiger partial charge in [-0.05, 0) is 26.0 Å². The van der Waals surface area contributed by atoms with Gasteiger partial charge in [-0.15, -0.1) is 11.3 Å². The number of nitrogen functional groups attached to an aromatic ring is 1. The number of likely N-dealkylation sites (N-methyl/N-ethyl adjacent to an activating group) is 1. The highest BCUT2D eigenvalue weighted by molar-refractivity contribution is 9.10. The third kappa shape index (κ3) is 2.97. The van der Waals surface area contributed by atoms with E-state index in [0.717, 1.165) is 14.6 Å². The number of rotatable bonds is 3. The van der Waals surface area contributed by atoms with Crippen molar-refractivity contribution in [3.05, 3.63) is 27.5 Å². The molecule has 0 radical (unpaired) electrons. The smallest absolute Gasteiger partial charge is 0.265 e. The molecule has 108 valence electrons. The molecule has 1 heterocycles. The Hall–Kier alpha value is -1.11. The number of fused-ring (bicyclic) bond motifs is 1. The molecule has 0 unspecified atom stereocenters. The molecular formula is C14H17BrN2O2S. The summed E-state index contributed by atoms with van der Waals surface area (Å²) in [4.78, 5) is 14.5. The fourth-order valence-corrected chi connectivity index (χ4v) is 3.97. The molecule has 2 aromatic rings. The van der Waals surface area contributed by atoms with E-state index in [-0.39, 0.29) is 12.5 Å². The summed E-state index contributed by atoms with van der Waals surface area (Å²) in [7, 11) is 1.67. The molecule has 0 aliphatic heterocycles. The quantitative estimate of drug-likeness (QED) is 0.887. The monoisotopic (exact) mass is 356 g/mol. The summed E-state index contributed by atoms with van der Waals surface area (Å²) in [6, 6.07) is 5.76. The molecule has 2 rings (SSSR count). The predicted molar refractivity (Wildman–Crippen MR) is 87.2 cm³/mol. The first-order valence-corrected chi connectivity index (χ1v) is 7.76. The Morgan fingerprint density at radius 2 is 2.15 bits per heavy atom. The van der Waals surface area contributed by atoms with Crippen LogP contribution in [0.15, 0.2) is 22.7 Å². The lowest BCUT2D eigenvalue weighted by Crippen LogP contribution is -2.39. The fraction of sp³-hybridized carbons (Fsp3) is 0.357. The van der Waals surface area contributed by atoms with Crippen LogP contribution in [0.25, 0.3) is 10.1 Å². The molecule has 0 saturated heterocycles. The maximum atomic E-state index is 12.5. The van der Waals surface area contributed by atoms with Crippen molar-refractivity contribution in [3.63, 3.8) is 0 Å². The van der Waals surface area contributed by atoms with Gasteiger partial charge in [-0.3, -0.25) is 4.79 Å². The van der Waals surface area contributed by atoms with E-state index in [1.807, 2.05) is 18.2 Å². The van der Waals surface area contributed by atoms with Crippen LogP contribution in [0.2, 0.25) is 0 Å². The first kappa shape index (κ1) is 15.3. The molecule has 6 heteroatoms. The van der Waals surface area contributed by atoms with Gasteiger partial charge in [0, 0.05) is 28.2 Å². The summed E-state index contributed by atoms with van der Waals surface area (Å²) < 4.78 is 1.85. The van der Waals surface area contributed by atoms with Gasteiger partial charge >= 0.3 is 0 Å². The van der Waals surface area contributed by atoms with Gasteiger partial charge in [0.05, 0.1) is 11.3 Å². The van der Waals surface area contributed by atoms with Gasteiger partial charge in [-0.1, -0.05) is 22.0 Å². The van der Waals surface area contributed by atoms with E-state index in [9.17, 15) is 9.90 Å². The number of nitrogens with zero attached hydrogens (tertiary/aromatic N) is 1. The first-order chi connectivity index (χ1) is 9.20. The van der Waals surface area contributed by atoms with Gasteiger partial charge in [0.2, 0.25) is 0 Å². The van der Waals surface area contributed by atoms with Gasteiger partial charge in [0.15, 0.2) is 0 Å². The van der Waals surface area contributed by atoms with Gasteiger partial charge in [0.1, 0.15) is 4.88 Å². The van der Waals surface area contributed by atoms with E-state index in [2.05, 4.69) is 15.9 Å². The molecule has 0 aliphatic carbocycles. The zero-order chi connectivity index (χ0) is 15.1. The SMILES string of the molecule is CN(CC(C)(C)O)C(=O)c1sc2cccc(Br)c2c1N. The summed E-state index contributed by atoms with van der Waals surface area (Å²) in [6.45, 7) is 3.59. The Bertz CT molecular complexity index is 661. The van der Waals surface area contributed by atoms with Crippen molar-refractivity contribution in [2.24, 2.45) is 0 Å². The number of hydrogen-bond donors (Lipinski definition) is 2. The Kier molecular flexibility index (Phi) is 4.09. The van der Waals surface area contributed by atoms with Crippen LogP contribution in [0.5, 0.6) is 0 Å². The van der Waals surface area contributed by atoms with Crippen molar-refractivity contribution in [3.8, 4) is 0 Å². The highest BCUT2D eigenvalue weighted by Crippen LogP contribution is 2.38. The van der Waals surface area contributed by atoms with Crippen molar-refractivity contribution in [1.29, 1.82) is 0 Å². The molecule has 1 amide bonds. The number of carbonyl (C=O) groups excluding carboxylic acids is 1. The van der Waals surface area contributed by atoms with Gasteiger partial charge in [0.25, 0.3) is 5.91 Å². The molecule has 20 heavy (non-hydrogen) atoms. The van der Waals surface area contributed by atoms with Crippen LogP contribution in [0.3, 0.4) is 0 Å². The van der Waals surface area contributed by atoms with E-state index in [1.54, 1.807) is 20.9 Å². The van der Waals surface area contributed by atoms with Crippen molar-refractivity contribution in [1.82, 2.24) is 4.90 Å². The van der Waals surface area contributed by atoms with E-state index < -0.39 is 5.60 Å². The molecule has 4 nitrogen and oxygen atoms in total. The summed E-state index contributed by atoms with van der Waals surface area (Å²) in [5, 5.41) is 10.7. The van der Waals surface area contributed by atoms with Gasteiger partial charge in [-0.2, -0.15) is 0 Å². The summed E-state index contributed by atoms with van der Waals surface area (Å²) in [6.07, 6.45) is 0. The molecule has 0 bridgehead atoms. The average molecular weight is 357 g/mol. The minimum absolute atomic E-state index is 0.169. The molecule has 0 spiro atoms. The number of aliphatic hydroxyl groups is 1. The van der Waals surface area contributed by atoms with E-state index in [4.69, 9.17) is 5.73 Å². The second-order valence-corrected chi connectivity index (χ2v) is 7.34. The number of anilines is 1. The van der Waals surface area contributed by atoms with Crippen molar-refractivity contribution in [2.75, 3.05) is 19.3 Å². The number of halogens is 1. The second kappa shape index (κ2) is 5.35. The summed E-state index contributed by atoms with van der Waals surface area (Å²) in [5.74, 6) is -0.169. The minimum atomic E-state index is -0.934. The van der Waals surface area contributed by atoms with Crippen LogP contribution >= 0.6 is 27.3 Å². The molecular weight excluding hydrogens is 340 g/mol. The molecule has 0 aliphatic rings. The molecule has 1 aromatic heterocycles. The van der Waals surface area contributed by atoms with Crippen molar-refractivity contribution in [2.45, 2.75) is 19.4 Å². The molecule has 0 fully saturated rings. The van der Waals surface area contributed by atoms with Crippen LogP contribution in [0.1, 0.15) is 23.5 Å². The zero-order valence-electron chi connectivity index (χ0n) is 11.6. The largest absolute Gasteiger partial charge is 0.397 e. The van der Waals surface area contributed by atoms with E-state index in [1.165, 1.54) is 16.2 Å².